The first-order valence-corrected chi connectivity index (χ1v) is 6.57. The molecule has 0 radical (unpaired) electrons. The molecule has 4 nitrogen and oxygen atoms in total. The second-order valence-corrected chi connectivity index (χ2v) is 5.06. The van der Waals surface area contributed by atoms with Gasteiger partial charge in [-0.25, -0.2) is 0 Å². The molecule has 0 aliphatic rings. The Bertz CT molecular complexity index is 365. The standard InChI is InChI=1S/C12H19N3OS/c1-4-10(13)11-6-5-9(7-14-11)17-8-12(16)15(2)3/h5-7,10H,4,8,13H2,1-3H3/t10-/m0/s1. The zero-order chi connectivity index (χ0) is 12.8. The summed E-state index contributed by atoms with van der Waals surface area (Å²) in [4.78, 5) is 18.3. The Morgan fingerprint density at radius 1 is 1.53 bits per heavy atom. The first-order chi connectivity index (χ1) is 8.04. The van der Waals surface area contributed by atoms with Gasteiger partial charge in [0.15, 0.2) is 0 Å². The lowest BCUT2D eigenvalue weighted by Crippen LogP contribution is -2.23. The molecule has 1 aromatic rings. The summed E-state index contributed by atoms with van der Waals surface area (Å²) in [6.07, 6.45) is 2.65. The van der Waals surface area contributed by atoms with Gasteiger partial charge in [-0.2, -0.15) is 0 Å². The summed E-state index contributed by atoms with van der Waals surface area (Å²) >= 11 is 1.49. The maximum absolute atomic E-state index is 11.4. The van der Waals surface area contributed by atoms with Crippen LogP contribution in [0.5, 0.6) is 0 Å². The van der Waals surface area contributed by atoms with Crippen LogP contribution in [-0.4, -0.2) is 35.6 Å². The molecule has 1 heterocycles. The van der Waals surface area contributed by atoms with E-state index in [4.69, 9.17) is 5.73 Å². The fourth-order valence-electron chi connectivity index (χ4n) is 1.18. The van der Waals surface area contributed by atoms with Gasteiger partial charge < -0.3 is 10.6 Å². The lowest BCUT2D eigenvalue weighted by molar-refractivity contribution is -0.125. The predicted octanol–water partition coefficient (Wildman–Crippen LogP) is 1.67. The van der Waals surface area contributed by atoms with Crippen LogP contribution < -0.4 is 5.73 Å². The van der Waals surface area contributed by atoms with Crippen LogP contribution in [0.1, 0.15) is 25.1 Å². The van der Waals surface area contributed by atoms with Crippen LogP contribution >= 0.6 is 11.8 Å². The highest BCUT2D eigenvalue weighted by atomic mass is 32.2. The van der Waals surface area contributed by atoms with Crippen LogP contribution in [-0.2, 0) is 4.79 Å². The van der Waals surface area contributed by atoms with Crippen LogP contribution in [0.4, 0.5) is 0 Å². The quantitative estimate of drug-likeness (QED) is 0.811. The number of carbonyl (C=O) groups excluding carboxylic acids is 1. The Morgan fingerprint density at radius 2 is 2.24 bits per heavy atom. The fourth-order valence-corrected chi connectivity index (χ4v) is 2.02. The van der Waals surface area contributed by atoms with E-state index in [1.54, 1.807) is 25.2 Å². The second-order valence-electron chi connectivity index (χ2n) is 4.01. The van der Waals surface area contributed by atoms with E-state index in [0.717, 1.165) is 17.0 Å². The molecule has 94 valence electrons. The lowest BCUT2D eigenvalue weighted by atomic mass is 10.1. The number of aromatic nitrogens is 1. The van der Waals surface area contributed by atoms with Crippen molar-refractivity contribution in [3.05, 3.63) is 24.0 Å². The first-order valence-electron chi connectivity index (χ1n) is 5.59. The maximum Gasteiger partial charge on any atom is 0.232 e. The topological polar surface area (TPSA) is 59.2 Å². The molecule has 0 saturated carbocycles. The van der Waals surface area contributed by atoms with Crippen LogP contribution in [0.15, 0.2) is 23.2 Å². The molecule has 0 fully saturated rings. The molecule has 17 heavy (non-hydrogen) atoms. The smallest absolute Gasteiger partial charge is 0.232 e. The summed E-state index contributed by atoms with van der Waals surface area (Å²) in [6.45, 7) is 2.03. The second kappa shape index (κ2) is 6.61. The number of nitrogens with two attached hydrogens (primary N) is 1. The highest BCUT2D eigenvalue weighted by Crippen LogP contribution is 2.19. The van der Waals surface area contributed by atoms with Gasteiger partial charge in [0.25, 0.3) is 0 Å². The number of thioether (sulfide) groups is 1. The zero-order valence-corrected chi connectivity index (χ0v) is 11.3. The largest absolute Gasteiger partial charge is 0.348 e. The van der Waals surface area contributed by atoms with E-state index in [0.29, 0.717) is 5.75 Å². The molecule has 0 saturated heterocycles. The molecule has 0 unspecified atom stereocenters. The van der Waals surface area contributed by atoms with Crippen LogP contribution in [0, 0.1) is 0 Å². The Hall–Kier alpha value is -1.07. The van der Waals surface area contributed by atoms with Crippen molar-refractivity contribution >= 4 is 17.7 Å². The summed E-state index contributed by atoms with van der Waals surface area (Å²) in [5.41, 5.74) is 6.78. The third-order valence-corrected chi connectivity index (χ3v) is 3.41. The van der Waals surface area contributed by atoms with Gasteiger partial charge in [0.1, 0.15) is 0 Å². The molecule has 0 aliphatic carbocycles. The number of nitrogens with zero attached hydrogens (tertiary/aromatic N) is 2. The van der Waals surface area contributed by atoms with Crippen molar-refractivity contribution in [2.24, 2.45) is 5.73 Å². The molecular weight excluding hydrogens is 234 g/mol. The third-order valence-electron chi connectivity index (χ3n) is 2.44. The third kappa shape index (κ3) is 4.36. The molecule has 0 spiro atoms. The van der Waals surface area contributed by atoms with Crippen molar-refractivity contribution in [1.29, 1.82) is 0 Å². The Kier molecular flexibility index (Phi) is 5.44. The zero-order valence-electron chi connectivity index (χ0n) is 10.5. The lowest BCUT2D eigenvalue weighted by Gasteiger charge is -2.10. The molecule has 1 aromatic heterocycles. The number of pyridine rings is 1. The minimum Gasteiger partial charge on any atom is -0.348 e. The summed E-state index contributed by atoms with van der Waals surface area (Å²) in [7, 11) is 3.51. The molecule has 5 heteroatoms. The first kappa shape index (κ1) is 14.0. The summed E-state index contributed by atoms with van der Waals surface area (Å²) in [5.74, 6) is 0.540. The monoisotopic (exact) mass is 253 g/mol. The number of rotatable bonds is 5. The van der Waals surface area contributed by atoms with Gasteiger partial charge in [-0.15, -0.1) is 11.8 Å². The minimum absolute atomic E-state index is 0.00235. The van der Waals surface area contributed by atoms with Crippen LogP contribution in [0.3, 0.4) is 0 Å². The molecule has 0 aromatic carbocycles. The predicted molar refractivity (Wildman–Crippen MR) is 70.9 cm³/mol. The number of hydrogen-bond donors (Lipinski definition) is 1. The van der Waals surface area contributed by atoms with E-state index in [1.165, 1.54) is 11.8 Å². The van der Waals surface area contributed by atoms with Gasteiger partial charge in [0.05, 0.1) is 11.4 Å². The van der Waals surface area contributed by atoms with E-state index >= 15 is 0 Å². The van der Waals surface area contributed by atoms with Crippen molar-refractivity contribution in [2.75, 3.05) is 19.8 Å². The molecule has 0 aliphatic heterocycles. The number of hydrogen-bond acceptors (Lipinski definition) is 4. The van der Waals surface area contributed by atoms with E-state index in [2.05, 4.69) is 4.98 Å². The molecular formula is C12H19N3OS. The van der Waals surface area contributed by atoms with E-state index in [1.807, 2.05) is 19.1 Å². The van der Waals surface area contributed by atoms with Gasteiger partial charge in [-0.1, -0.05) is 6.92 Å². The Morgan fingerprint density at radius 3 is 2.71 bits per heavy atom. The Balaban J connectivity index is 2.54. The molecule has 0 bridgehead atoms. The summed E-state index contributed by atoms with van der Waals surface area (Å²) < 4.78 is 0. The summed E-state index contributed by atoms with van der Waals surface area (Å²) in [6, 6.07) is 3.89. The van der Waals surface area contributed by atoms with E-state index in [9.17, 15) is 4.79 Å². The normalized spacial score (nSPS) is 12.2. The number of carbonyl (C=O) groups is 1. The van der Waals surface area contributed by atoms with Crippen LogP contribution in [0.25, 0.3) is 0 Å². The van der Waals surface area contributed by atoms with E-state index < -0.39 is 0 Å². The van der Waals surface area contributed by atoms with Crippen molar-refractivity contribution in [2.45, 2.75) is 24.3 Å². The average molecular weight is 253 g/mol. The Labute approximate surface area is 107 Å². The average Bonchev–Trinajstić information content (AvgIpc) is 2.35. The highest BCUT2D eigenvalue weighted by Gasteiger charge is 2.07. The molecule has 1 amide bonds. The van der Waals surface area contributed by atoms with Crippen LogP contribution in [0.2, 0.25) is 0 Å². The highest BCUT2D eigenvalue weighted by molar-refractivity contribution is 8.00. The van der Waals surface area contributed by atoms with Crippen molar-refractivity contribution < 1.29 is 4.79 Å². The van der Waals surface area contributed by atoms with Gasteiger partial charge in [0.2, 0.25) is 5.91 Å². The maximum atomic E-state index is 11.4. The van der Waals surface area contributed by atoms with Gasteiger partial charge in [-0.3, -0.25) is 9.78 Å². The molecule has 1 rings (SSSR count). The summed E-state index contributed by atoms with van der Waals surface area (Å²) in [5, 5.41) is 0. The molecule has 1 atom stereocenters. The van der Waals surface area contributed by atoms with Crippen molar-refractivity contribution in [3.63, 3.8) is 0 Å². The van der Waals surface area contributed by atoms with Crippen molar-refractivity contribution in [1.82, 2.24) is 9.88 Å². The minimum atomic E-state index is -0.00235. The SMILES string of the molecule is CC[C@H](N)c1ccc(SCC(=O)N(C)C)cn1. The number of amides is 1. The van der Waals surface area contributed by atoms with Gasteiger partial charge in [0, 0.05) is 31.2 Å². The molecule has 2 N–H and O–H groups in total. The fraction of sp³-hybridized carbons (Fsp3) is 0.500. The van der Waals surface area contributed by atoms with Gasteiger partial charge >= 0.3 is 0 Å². The van der Waals surface area contributed by atoms with E-state index in [-0.39, 0.29) is 11.9 Å². The van der Waals surface area contributed by atoms with Crippen molar-refractivity contribution in [3.8, 4) is 0 Å². The van der Waals surface area contributed by atoms with Gasteiger partial charge in [-0.05, 0) is 18.6 Å².